The molecule has 1 fully saturated rings. The maximum absolute atomic E-state index is 13.2. The molecule has 0 spiro atoms. The molecule has 0 saturated carbocycles. The number of amidine groups is 1. The van der Waals surface area contributed by atoms with Gasteiger partial charge in [-0.05, 0) is 24.1 Å². The summed E-state index contributed by atoms with van der Waals surface area (Å²) in [6.45, 7) is 2.28. The lowest BCUT2D eigenvalue weighted by atomic mass is 10.2. The molecular formula is C20H19FN4O3S. The van der Waals surface area contributed by atoms with Crippen LogP contribution in [0.25, 0.3) is 0 Å². The second-order valence-corrected chi connectivity index (χ2v) is 7.60. The first kappa shape index (κ1) is 20.7. The fraction of sp³-hybridized carbons (Fsp3) is 0.250. The summed E-state index contributed by atoms with van der Waals surface area (Å²) in [4.78, 5) is 24.7. The molecule has 150 valence electrons. The van der Waals surface area contributed by atoms with Gasteiger partial charge in [0.25, 0.3) is 5.69 Å². The molecule has 1 amide bonds. The molecule has 1 atom stereocenters. The fourth-order valence-corrected chi connectivity index (χ4v) is 4.03. The van der Waals surface area contributed by atoms with E-state index in [4.69, 9.17) is 0 Å². The van der Waals surface area contributed by atoms with Gasteiger partial charge in [0.2, 0.25) is 5.91 Å². The van der Waals surface area contributed by atoms with E-state index in [1.165, 1.54) is 42.2 Å². The van der Waals surface area contributed by atoms with E-state index in [9.17, 15) is 19.3 Å². The van der Waals surface area contributed by atoms with Gasteiger partial charge in [-0.2, -0.15) is 5.10 Å². The highest BCUT2D eigenvalue weighted by Crippen LogP contribution is 2.31. The minimum atomic E-state index is -0.478. The molecule has 29 heavy (non-hydrogen) atoms. The number of nitro benzene ring substituents is 1. The molecule has 1 aliphatic rings. The molecule has 0 N–H and O–H groups in total. The number of hydrogen-bond acceptors (Lipinski definition) is 6. The number of thioether (sulfide) groups is 1. The standard InChI is InChI=1S/C20H19FN4O3S/c1-2-4-18-19(26)24(13-14-7-9-16(21)10-8-14)20(29-18)23-22-12-15-5-3-6-17(11-15)25(27)28/h3,5-12,18H,2,4,13H2,1H3/b22-12-,23-20-/t18-/m1/s1. The van der Waals surface area contributed by atoms with Gasteiger partial charge in [-0.25, -0.2) is 4.39 Å². The van der Waals surface area contributed by atoms with Crippen LogP contribution < -0.4 is 0 Å². The van der Waals surface area contributed by atoms with Crippen LogP contribution in [0.15, 0.2) is 58.7 Å². The number of carbonyl (C=O) groups is 1. The summed E-state index contributed by atoms with van der Waals surface area (Å²) in [6.07, 6.45) is 2.99. The molecule has 0 unspecified atom stereocenters. The number of rotatable bonds is 7. The van der Waals surface area contributed by atoms with Crippen molar-refractivity contribution in [2.24, 2.45) is 10.2 Å². The summed E-state index contributed by atoms with van der Waals surface area (Å²) in [7, 11) is 0. The number of nitrogens with zero attached hydrogens (tertiary/aromatic N) is 4. The average Bonchev–Trinajstić information content (AvgIpc) is 2.99. The lowest BCUT2D eigenvalue weighted by Gasteiger charge is -2.15. The monoisotopic (exact) mass is 414 g/mol. The van der Waals surface area contributed by atoms with Crippen molar-refractivity contribution in [2.45, 2.75) is 31.6 Å². The Labute approximate surface area is 171 Å². The van der Waals surface area contributed by atoms with Crippen LogP contribution in [0.1, 0.15) is 30.9 Å². The first-order valence-electron chi connectivity index (χ1n) is 9.06. The Balaban J connectivity index is 1.81. The van der Waals surface area contributed by atoms with Crippen molar-refractivity contribution in [3.8, 4) is 0 Å². The molecule has 0 radical (unpaired) electrons. The first-order chi connectivity index (χ1) is 14.0. The van der Waals surface area contributed by atoms with E-state index >= 15 is 0 Å². The van der Waals surface area contributed by atoms with Gasteiger partial charge in [0.05, 0.1) is 22.9 Å². The molecule has 1 aliphatic heterocycles. The maximum Gasteiger partial charge on any atom is 0.270 e. The van der Waals surface area contributed by atoms with Crippen molar-refractivity contribution in [3.05, 3.63) is 75.6 Å². The molecular weight excluding hydrogens is 395 g/mol. The SMILES string of the molecule is CCC[C@H]1S/C(=N\N=C/c2cccc([N+](=O)[O-])c2)N(Cc2ccc(F)cc2)C1=O. The summed E-state index contributed by atoms with van der Waals surface area (Å²) >= 11 is 1.35. The van der Waals surface area contributed by atoms with Gasteiger partial charge in [0.1, 0.15) is 5.82 Å². The Hall–Kier alpha value is -3.07. The third-order valence-electron chi connectivity index (χ3n) is 4.26. The quantitative estimate of drug-likeness (QED) is 0.382. The highest BCUT2D eigenvalue weighted by Gasteiger charge is 2.37. The van der Waals surface area contributed by atoms with Crippen molar-refractivity contribution >= 4 is 34.7 Å². The van der Waals surface area contributed by atoms with E-state index in [-0.39, 0.29) is 29.2 Å². The van der Waals surface area contributed by atoms with Crippen molar-refractivity contribution in [2.75, 3.05) is 0 Å². The third kappa shape index (κ3) is 5.26. The molecule has 0 aromatic heterocycles. The lowest BCUT2D eigenvalue weighted by Crippen LogP contribution is -2.31. The van der Waals surface area contributed by atoms with Gasteiger partial charge in [-0.15, -0.1) is 5.10 Å². The molecule has 1 heterocycles. The van der Waals surface area contributed by atoms with Crippen molar-refractivity contribution < 1.29 is 14.1 Å². The topological polar surface area (TPSA) is 88.2 Å². The molecule has 7 nitrogen and oxygen atoms in total. The minimum Gasteiger partial charge on any atom is -0.284 e. The van der Waals surface area contributed by atoms with E-state index in [1.54, 1.807) is 29.2 Å². The summed E-state index contributed by atoms with van der Waals surface area (Å²) < 4.78 is 13.2. The minimum absolute atomic E-state index is 0.0343. The number of nitro groups is 1. The van der Waals surface area contributed by atoms with E-state index in [1.807, 2.05) is 6.92 Å². The summed E-state index contributed by atoms with van der Waals surface area (Å²) in [6, 6.07) is 12.0. The lowest BCUT2D eigenvalue weighted by molar-refractivity contribution is -0.384. The normalized spacial score (nSPS) is 18.1. The Kier molecular flexibility index (Phi) is 6.71. The number of amides is 1. The zero-order chi connectivity index (χ0) is 20.8. The zero-order valence-corrected chi connectivity index (χ0v) is 16.5. The summed E-state index contributed by atoms with van der Waals surface area (Å²) in [5, 5.41) is 19.3. The van der Waals surface area contributed by atoms with Crippen LogP contribution in [0.4, 0.5) is 10.1 Å². The van der Waals surface area contributed by atoms with Crippen LogP contribution >= 0.6 is 11.8 Å². The third-order valence-corrected chi connectivity index (χ3v) is 5.49. The van der Waals surface area contributed by atoms with E-state index < -0.39 is 4.92 Å². The number of benzene rings is 2. The Bertz CT molecular complexity index is 962. The van der Waals surface area contributed by atoms with Crippen LogP contribution in [0, 0.1) is 15.9 Å². The molecule has 9 heteroatoms. The average molecular weight is 414 g/mol. The molecule has 3 rings (SSSR count). The zero-order valence-electron chi connectivity index (χ0n) is 15.7. The van der Waals surface area contributed by atoms with Gasteiger partial charge in [-0.1, -0.05) is 49.4 Å². The van der Waals surface area contributed by atoms with Gasteiger partial charge in [0, 0.05) is 17.7 Å². The van der Waals surface area contributed by atoms with Gasteiger partial charge in [0.15, 0.2) is 5.17 Å². The van der Waals surface area contributed by atoms with Crippen molar-refractivity contribution in [3.63, 3.8) is 0 Å². The summed E-state index contributed by atoms with van der Waals surface area (Å²) in [5.74, 6) is -0.388. The highest BCUT2D eigenvalue weighted by molar-refractivity contribution is 8.15. The molecule has 2 aromatic rings. The second kappa shape index (κ2) is 9.42. The second-order valence-electron chi connectivity index (χ2n) is 6.43. The molecule has 0 aliphatic carbocycles. The number of hydrogen-bond donors (Lipinski definition) is 0. The van der Waals surface area contributed by atoms with Crippen LogP contribution in [0.2, 0.25) is 0 Å². The van der Waals surface area contributed by atoms with Crippen molar-refractivity contribution in [1.82, 2.24) is 4.90 Å². The molecule has 1 saturated heterocycles. The predicted molar refractivity (Wildman–Crippen MR) is 111 cm³/mol. The first-order valence-corrected chi connectivity index (χ1v) is 9.94. The highest BCUT2D eigenvalue weighted by atomic mass is 32.2. The maximum atomic E-state index is 13.2. The number of halogens is 1. The predicted octanol–water partition coefficient (Wildman–Crippen LogP) is 4.37. The van der Waals surface area contributed by atoms with Crippen molar-refractivity contribution in [1.29, 1.82) is 0 Å². The number of non-ortho nitro benzene ring substituents is 1. The van der Waals surface area contributed by atoms with Gasteiger partial charge in [-0.3, -0.25) is 19.8 Å². The van der Waals surface area contributed by atoms with Crippen LogP contribution in [-0.4, -0.2) is 32.4 Å². The number of carbonyl (C=O) groups excluding carboxylic acids is 1. The van der Waals surface area contributed by atoms with Gasteiger partial charge >= 0.3 is 0 Å². The smallest absolute Gasteiger partial charge is 0.270 e. The molecule has 2 aromatic carbocycles. The molecule has 0 bridgehead atoms. The largest absolute Gasteiger partial charge is 0.284 e. The fourth-order valence-electron chi connectivity index (χ4n) is 2.81. The van der Waals surface area contributed by atoms with Crippen LogP contribution in [0.3, 0.4) is 0 Å². The van der Waals surface area contributed by atoms with Crippen LogP contribution in [-0.2, 0) is 11.3 Å². The van der Waals surface area contributed by atoms with Crippen LogP contribution in [0.5, 0.6) is 0 Å². The summed E-state index contributed by atoms with van der Waals surface area (Å²) in [5.41, 5.74) is 1.29. The van der Waals surface area contributed by atoms with E-state index in [0.717, 1.165) is 18.4 Å². The Morgan fingerprint density at radius 3 is 2.72 bits per heavy atom. The van der Waals surface area contributed by atoms with E-state index in [2.05, 4.69) is 10.2 Å². The van der Waals surface area contributed by atoms with E-state index in [0.29, 0.717) is 10.7 Å². The Morgan fingerprint density at radius 1 is 1.28 bits per heavy atom. The Morgan fingerprint density at radius 2 is 2.03 bits per heavy atom. The van der Waals surface area contributed by atoms with Gasteiger partial charge < -0.3 is 0 Å².